The van der Waals surface area contributed by atoms with Gasteiger partial charge in [0.2, 0.25) is 5.88 Å². The summed E-state index contributed by atoms with van der Waals surface area (Å²) in [5.41, 5.74) is 8.83. The zero-order valence-corrected chi connectivity index (χ0v) is 25.9. The van der Waals surface area contributed by atoms with Gasteiger partial charge in [-0.15, -0.1) is 0 Å². The standard InChI is InChI=1S/C32H42N8O4/c1-5-43-30-25(19-33)26(34)18-28(37-30)29(41)36-20-22-11-14-39(15-12-22)21-24-17-27(23-9-7-6-8-10-23)38-40(24)16-13-35-31(42)44-32(2,3)4/h6-10,17-18,22H,5,11-16,20-21H2,1-4H3,(H2,34,37)(H,35,42)(H,36,41). The second kappa shape index (κ2) is 14.7. The summed E-state index contributed by atoms with van der Waals surface area (Å²) in [6.07, 6.45) is 1.40. The van der Waals surface area contributed by atoms with E-state index in [-0.39, 0.29) is 28.7 Å². The van der Waals surface area contributed by atoms with Crippen LogP contribution in [0.2, 0.25) is 0 Å². The first-order valence-corrected chi connectivity index (χ1v) is 15.0. The number of pyridine rings is 1. The van der Waals surface area contributed by atoms with Crippen molar-refractivity contribution in [1.82, 2.24) is 30.3 Å². The van der Waals surface area contributed by atoms with Gasteiger partial charge in [0.05, 0.1) is 30.2 Å². The Bertz CT molecular complexity index is 1470. The van der Waals surface area contributed by atoms with E-state index < -0.39 is 11.7 Å². The number of nitrogens with two attached hydrogens (primary N) is 1. The molecule has 44 heavy (non-hydrogen) atoms. The molecule has 1 aliphatic heterocycles. The van der Waals surface area contributed by atoms with Crippen LogP contribution in [-0.4, -0.2) is 70.1 Å². The van der Waals surface area contributed by atoms with Crippen molar-refractivity contribution >= 4 is 17.7 Å². The van der Waals surface area contributed by atoms with Crippen LogP contribution in [0.3, 0.4) is 0 Å². The number of piperidine rings is 1. The number of nitrogens with zero attached hydrogens (tertiary/aromatic N) is 5. The predicted molar refractivity (Wildman–Crippen MR) is 167 cm³/mol. The summed E-state index contributed by atoms with van der Waals surface area (Å²) in [6.45, 7) is 11.5. The fourth-order valence-corrected chi connectivity index (χ4v) is 5.02. The molecule has 0 saturated carbocycles. The molecule has 1 aliphatic rings. The smallest absolute Gasteiger partial charge is 0.407 e. The second-order valence-electron chi connectivity index (χ2n) is 11.8. The Hall–Kier alpha value is -4.63. The summed E-state index contributed by atoms with van der Waals surface area (Å²) >= 11 is 0. The zero-order chi connectivity index (χ0) is 31.7. The van der Waals surface area contributed by atoms with Crippen LogP contribution < -0.4 is 21.1 Å². The molecule has 1 aromatic carbocycles. The molecule has 1 saturated heterocycles. The van der Waals surface area contributed by atoms with E-state index in [2.05, 4.69) is 26.6 Å². The fourth-order valence-electron chi connectivity index (χ4n) is 5.02. The lowest BCUT2D eigenvalue weighted by Gasteiger charge is -2.32. The van der Waals surface area contributed by atoms with E-state index in [1.165, 1.54) is 6.07 Å². The average molecular weight is 603 g/mol. The molecule has 0 atom stereocenters. The normalized spacial score (nSPS) is 14.1. The lowest BCUT2D eigenvalue weighted by Crippen LogP contribution is -2.39. The Balaban J connectivity index is 1.33. The summed E-state index contributed by atoms with van der Waals surface area (Å²) in [6, 6.07) is 15.5. The molecule has 0 bridgehead atoms. The number of hydrogen-bond donors (Lipinski definition) is 3. The number of anilines is 1. The molecule has 3 heterocycles. The third-order valence-corrected chi connectivity index (χ3v) is 7.21. The molecule has 234 valence electrons. The topological polar surface area (TPSA) is 160 Å². The van der Waals surface area contributed by atoms with Crippen molar-refractivity contribution < 1.29 is 19.1 Å². The number of nitrogens with one attached hydrogen (secondary N) is 2. The first-order valence-electron chi connectivity index (χ1n) is 15.0. The van der Waals surface area contributed by atoms with E-state index in [1.54, 1.807) is 6.92 Å². The Morgan fingerprint density at radius 3 is 2.52 bits per heavy atom. The molecular weight excluding hydrogens is 560 g/mol. The van der Waals surface area contributed by atoms with Crippen molar-refractivity contribution in [3.05, 3.63) is 59.4 Å². The van der Waals surface area contributed by atoms with Crippen LogP contribution >= 0.6 is 0 Å². The molecule has 2 amide bonds. The monoisotopic (exact) mass is 602 g/mol. The van der Waals surface area contributed by atoms with Crippen molar-refractivity contribution in [2.45, 2.75) is 59.2 Å². The minimum absolute atomic E-state index is 0.0729. The maximum absolute atomic E-state index is 12.8. The second-order valence-corrected chi connectivity index (χ2v) is 11.8. The van der Waals surface area contributed by atoms with E-state index in [0.29, 0.717) is 32.2 Å². The molecule has 3 aromatic rings. The van der Waals surface area contributed by atoms with Gasteiger partial charge in [0, 0.05) is 25.2 Å². The molecule has 0 spiro atoms. The molecule has 0 aliphatic carbocycles. The molecule has 12 heteroatoms. The number of ether oxygens (including phenoxy) is 2. The lowest BCUT2D eigenvalue weighted by molar-refractivity contribution is 0.0525. The number of nitriles is 1. The van der Waals surface area contributed by atoms with Gasteiger partial charge in [0.15, 0.2) is 0 Å². The van der Waals surface area contributed by atoms with Gasteiger partial charge in [-0.2, -0.15) is 10.4 Å². The Morgan fingerprint density at radius 2 is 1.86 bits per heavy atom. The third-order valence-electron chi connectivity index (χ3n) is 7.21. The van der Waals surface area contributed by atoms with E-state index in [4.69, 9.17) is 20.3 Å². The van der Waals surface area contributed by atoms with E-state index in [1.807, 2.05) is 61.9 Å². The highest BCUT2D eigenvalue weighted by Crippen LogP contribution is 2.24. The predicted octanol–water partition coefficient (Wildman–Crippen LogP) is 3.96. The van der Waals surface area contributed by atoms with Crippen LogP contribution in [0.5, 0.6) is 5.88 Å². The highest BCUT2D eigenvalue weighted by Gasteiger charge is 2.23. The van der Waals surface area contributed by atoms with Crippen LogP contribution in [0.25, 0.3) is 11.3 Å². The van der Waals surface area contributed by atoms with Crippen LogP contribution in [0.4, 0.5) is 10.5 Å². The zero-order valence-electron chi connectivity index (χ0n) is 25.9. The number of aromatic nitrogens is 3. The van der Waals surface area contributed by atoms with Crippen LogP contribution in [0, 0.1) is 17.2 Å². The van der Waals surface area contributed by atoms with Crippen molar-refractivity contribution in [3.8, 4) is 23.2 Å². The van der Waals surface area contributed by atoms with Gasteiger partial charge < -0.3 is 25.8 Å². The quantitative estimate of drug-likeness (QED) is 0.295. The molecule has 2 aromatic heterocycles. The van der Waals surface area contributed by atoms with Crippen molar-refractivity contribution in [2.24, 2.45) is 5.92 Å². The molecule has 4 rings (SSSR count). The largest absolute Gasteiger partial charge is 0.477 e. The third kappa shape index (κ3) is 8.94. The maximum Gasteiger partial charge on any atom is 0.407 e. The SMILES string of the molecule is CCOc1nc(C(=O)NCC2CCN(Cc3cc(-c4ccccc4)nn3CCNC(=O)OC(C)(C)C)CC2)cc(N)c1C#N. The highest BCUT2D eigenvalue weighted by molar-refractivity contribution is 5.93. The molecule has 0 unspecified atom stereocenters. The molecule has 12 nitrogen and oxygen atoms in total. The van der Waals surface area contributed by atoms with Crippen molar-refractivity contribution in [3.63, 3.8) is 0 Å². The highest BCUT2D eigenvalue weighted by atomic mass is 16.6. The van der Waals surface area contributed by atoms with Gasteiger partial charge in [-0.3, -0.25) is 14.4 Å². The number of amides is 2. The fraction of sp³-hybridized carbons (Fsp3) is 0.469. The van der Waals surface area contributed by atoms with Gasteiger partial charge in [-0.25, -0.2) is 9.78 Å². The molecule has 4 N–H and O–H groups in total. The summed E-state index contributed by atoms with van der Waals surface area (Å²) in [5, 5.41) is 20.0. The lowest BCUT2D eigenvalue weighted by atomic mass is 9.96. The van der Waals surface area contributed by atoms with Gasteiger partial charge >= 0.3 is 6.09 Å². The molecular formula is C32H42N8O4. The van der Waals surface area contributed by atoms with Crippen molar-refractivity contribution in [1.29, 1.82) is 5.26 Å². The number of carbonyl (C=O) groups is 2. The molecule has 0 radical (unpaired) electrons. The minimum Gasteiger partial charge on any atom is -0.477 e. The Labute approximate surface area is 258 Å². The maximum atomic E-state index is 12.8. The summed E-state index contributed by atoms with van der Waals surface area (Å²) in [7, 11) is 0. The number of hydrogen-bond acceptors (Lipinski definition) is 9. The van der Waals surface area contributed by atoms with Gasteiger partial charge in [-0.1, -0.05) is 30.3 Å². The van der Waals surface area contributed by atoms with Gasteiger partial charge in [0.1, 0.15) is 22.9 Å². The number of rotatable bonds is 11. The number of benzene rings is 1. The first kappa shape index (κ1) is 32.3. The Morgan fingerprint density at radius 1 is 1.14 bits per heavy atom. The number of nitrogen functional groups attached to an aromatic ring is 1. The van der Waals surface area contributed by atoms with Crippen LogP contribution in [0.1, 0.15) is 62.3 Å². The van der Waals surface area contributed by atoms with E-state index in [9.17, 15) is 14.9 Å². The number of alkyl carbamates (subject to hydrolysis) is 1. The minimum atomic E-state index is -0.558. The average Bonchev–Trinajstić information content (AvgIpc) is 3.38. The summed E-state index contributed by atoms with van der Waals surface area (Å²) in [5.74, 6) is 0.0470. The Kier molecular flexibility index (Phi) is 10.8. The van der Waals surface area contributed by atoms with Crippen molar-refractivity contribution in [2.75, 3.05) is 38.5 Å². The van der Waals surface area contributed by atoms with Gasteiger partial charge in [-0.05, 0) is 71.7 Å². The van der Waals surface area contributed by atoms with E-state index >= 15 is 0 Å². The first-order chi connectivity index (χ1) is 21.1. The summed E-state index contributed by atoms with van der Waals surface area (Å²) in [4.78, 5) is 31.6. The number of likely N-dealkylation sites (tertiary alicyclic amines) is 1. The van der Waals surface area contributed by atoms with Gasteiger partial charge in [0.25, 0.3) is 5.91 Å². The number of carbonyl (C=O) groups excluding carboxylic acids is 2. The molecule has 1 fully saturated rings. The summed E-state index contributed by atoms with van der Waals surface area (Å²) < 4.78 is 12.7. The van der Waals surface area contributed by atoms with Crippen LogP contribution in [-0.2, 0) is 17.8 Å². The van der Waals surface area contributed by atoms with Crippen LogP contribution in [0.15, 0.2) is 42.5 Å². The van der Waals surface area contributed by atoms with E-state index in [0.717, 1.165) is 49.4 Å².